The van der Waals surface area contributed by atoms with Crippen molar-refractivity contribution in [3.63, 3.8) is 0 Å². The molecular formula is C52H30N4O. The van der Waals surface area contributed by atoms with Gasteiger partial charge >= 0.3 is 0 Å². The van der Waals surface area contributed by atoms with Crippen LogP contribution < -0.4 is 0 Å². The monoisotopic (exact) mass is 726 g/mol. The molecule has 57 heavy (non-hydrogen) atoms. The Labute approximate surface area is 325 Å². The Bertz CT molecular complexity index is 3830. The standard InChI is InChI=1S/C52H30N4O/c1-3-13-35-31(11-1)23-28-45-49(35)42-27-24-34(55-44-19-9-6-15-37(44)40-26-21-32-12-2-4-14-36(32)51(40)55)30-46(42)56(45)52-53-43-18-8-5-17-41(43)50(54-52)33-22-25-39-38-16-7-10-20-47(38)57-48(39)29-33/h1-30H. The van der Waals surface area contributed by atoms with Crippen LogP contribution in [-0.4, -0.2) is 19.1 Å². The van der Waals surface area contributed by atoms with E-state index in [1.165, 1.54) is 48.7 Å². The molecule has 0 aliphatic carbocycles. The molecule has 0 aliphatic rings. The van der Waals surface area contributed by atoms with Gasteiger partial charge in [0.25, 0.3) is 0 Å². The van der Waals surface area contributed by atoms with E-state index in [0.717, 1.165) is 66.2 Å². The average molecular weight is 727 g/mol. The second-order valence-corrected chi connectivity index (χ2v) is 15.0. The van der Waals surface area contributed by atoms with Crippen molar-refractivity contribution in [1.82, 2.24) is 19.1 Å². The van der Waals surface area contributed by atoms with Crippen LogP contribution in [0.5, 0.6) is 0 Å². The Morgan fingerprint density at radius 1 is 0.386 bits per heavy atom. The highest BCUT2D eigenvalue weighted by Gasteiger charge is 2.22. The molecule has 264 valence electrons. The maximum Gasteiger partial charge on any atom is 0.235 e. The molecule has 0 N–H and O–H groups in total. The molecular weight excluding hydrogens is 697 g/mol. The first kappa shape index (κ1) is 30.6. The van der Waals surface area contributed by atoms with Gasteiger partial charge in [-0.25, -0.2) is 9.97 Å². The summed E-state index contributed by atoms with van der Waals surface area (Å²) in [7, 11) is 0. The number of fused-ring (bicyclic) bond motifs is 14. The minimum atomic E-state index is 0.619. The van der Waals surface area contributed by atoms with Gasteiger partial charge in [0, 0.05) is 54.3 Å². The van der Waals surface area contributed by atoms with Crippen molar-refractivity contribution < 1.29 is 4.42 Å². The average Bonchev–Trinajstić information content (AvgIpc) is 3.93. The van der Waals surface area contributed by atoms with Crippen LogP contribution in [0.3, 0.4) is 0 Å². The second-order valence-electron chi connectivity index (χ2n) is 15.0. The number of nitrogens with zero attached hydrogens (tertiary/aromatic N) is 4. The molecule has 4 aromatic heterocycles. The van der Waals surface area contributed by atoms with E-state index in [9.17, 15) is 0 Å². The molecule has 0 fully saturated rings. The predicted molar refractivity (Wildman–Crippen MR) is 236 cm³/mol. The zero-order valence-electron chi connectivity index (χ0n) is 30.5. The molecule has 0 atom stereocenters. The molecule has 13 rings (SSSR count). The highest BCUT2D eigenvalue weighted by molar-refractivity contribution is 6.22. The van der Waals surface area contributed by atoms with Crippen molar-refractivity contribution in [2.24, 2.45) is 0 Å². The molecule has 0 saturated carbocycles. The summed E-state index contributed by atoms with van der Waals surface area (Å²) in [6.07, 6.45) is 0. The zero-order valence-corrected chi connectivity index (χ0v) is 30.5. The summed E-state index contributed by atoms with van der Waals surface area (Å²) in [6, 6.07) is 64.9. The predicted octanol–water partition coefficient (Wildman–Crippen LogP) is 13.7. The van der Waals surface area contributed by atoms with E-state index in [1.807, 2.05) is 12.1 Å². The second kappa shape index (κ2) is 11.4. The molecule has 13 aromatic rings. The third kappa shape index (κ3) is 4.28. The lowest BCUT2D eigenvalue weighted by Gasteiger charge is -2.13. The van der Waals surface area contributed by atoms with Gasteiger partial charge in [0.2, 0.25) is 5.95 Å². The van der Waals surface area contributed by atoms with Gasteiger partial charge in [-0.05, 0) is 64.7 Å². The number of rotatable bonds is 3. The van der Waals surface area contributed by atoms with Crippen LogP contribution in [0, 0.1) is 0 Å². The van der Waals surface area contributed by atoms with Crippen molar-refractivity contribution in [2.45, 2.75) is 0 Å². The van der Waals surface area contributed by atoms with Gasteiger partial charge in [0.15, 0.2) is 0 Å². The van der Waals surface area contributed by atoms with Crippen LogP contribution in [0.2, 0.25) is 0 Å². The lowest BCUT2D eigenvalue weighted by atomic mass is 10.0. The highest BCUT2D eigenvalue weighted by Crippen LogP contribution is 2.42. The van der Waals surface area contributed by atoms with Crippen LogP contribution in [0.25, 0.3) is 121 Å². The van der Waals surface area contributed by atoms with Crippen molar-refractivity contribution in [2.75, 3.05) is 0 Å². The molecule has 0 amide bonds. The highest BCUT2D eigenvalue weighted by atomic mass is 16.3. The van der Waals surface area contributed by atoms with Crippen LogP contribution in [0.1, 0.15) is 0 Å². The molecule has 5 heteroatoms. The van der Waals surface area contributed by atoms with Crippen molar-refractivity contribution in [3.8, 4) is 22.9 Å². The Morgan fingerprint density at radius 3 is 1.95 bits per heavy atom. The smallest absolute Gasteiger partial charge is 0.235 e. The summed E-state index contributed by atoms with van der Waals surface area (Å²) >= 11 is 0. The van der Waals surface area contributed by atoms with E-state index in [4.69, 9.17) is 14.4 Å². The quantitative estimate of drug-likeness (QED) is 0.182. The third-order valence-corrected chi connectivity index (χ3v) is 11.9. The number of benzene rings is 9. The van der Waals surface area contributed by atoms with Crippen LogP contribution in [-0.2, 0) is 0 Å². The first-order chi connectivity index (χ1) is 28.3. The van der Waals surface area contributed by atoms with Crippen molar-refractivity contribution in [1.29, 1.82) is 0 Å². The SMILES string of the molecule is c1ccc2c(c1)ccc1c2c2ccc(-n3c4ccccc4c4ccc5ccccc5c43)cc2n1-c1nc(-c2ccc3c(c2)oc2ccccc23)c2ccccc2n1. The van der Waals surface area contributed by atoms with Gasteiger partial charge < -0.3 is 8.98 Å². The van der Waals surface area contributed by atoms with E-state index in [1.54, 1.807) is 0 Å². The third-order valence-electron chi connectivity index (χ3n) is 11.9. The lowest BCUT2D eigenvalue weighted by Crippen LogP contribution is -2.04. The molecule has 5 nitrogen and oxygen atoms in total. The molecule has 4 heterocycles. The molecule has 0 unspecified atom stereocenters. The maximum absolute atomic E-state index is 6.37. The van der Waals surface area contributed by atoms with Crippen molar-refractivity contribution in [3.05, 3.63) is 182 Å². The van der Waals surface area contributed by atoms with Gasteiger partial charge in [0.1, 0.15) is 11.2 Å². The largest absolute Gasteiger partial charge is 0.456 e. The zero-order chi connectivity index (χ0) is 37.2. The van der Waals surface area contributed by atoms with Gasteiger partial charge in [-0.15, -0.1) is 0 Å². The summed E-state index contributed by atoms with van der Waals surface area (Å²) in [6.45, 7) is 0. The maximum atomic E-state index is 6.37. The first-order valence-electron chi connectivity index (χ1n) is 19.3. The molecule has 0 aliphatic heterocycles. The Morgan fingerprint density at radius 2 is 1.05 bits per heavy atom. The van der Waals surface area contributed by atoms with E-state index in [-0.39, 0.29) is 0 Å². The number of hydrogen-bond donors (Lipinski definition) is 0. The fraction of sp³-hybridized carbons (Fsp3) is 0. The number of para-hydroxylation sites is 3. The summed E-state index contributed by atoms with van der Waals surface area (Å²) in [4.78, 5) is 10.8. The molecule has 0 saturated heterocycles. The van der Waals surface area contributed by atoms with Gasteiger partial charge in [-0.3, -0.25) is 4.57 Å². The Kier molecular flexibility index (Phi) is 6.10. The molecule has 0 spiro atoms. The van der Waals surface area contributed by atoms with Crippen LogP contribution in [0.4, 0.5) is 0 Å². The lowest BCUT2D eigenvalue weighted by molar-refractivity contribution is 0.669. The van der Waals surface area contributed by atoms with E-state index in [2.05, 4.69) is 179 Å². The summed E-state index contributed by atoms with van der Waals surface area (Å²) in [5.74, 6) is 0.619. The van der Waals surface area contributed by atoms with Crippen LogP contribution in [0.15, 0.2) is 186 Å². The fourth-order valence-electron chi connectivity index (χ4n) is 9.39. The minimum Gasteiger partial charge on any atom is -0.456 e. The van der Waals surface area contributed by atoms with E-state index < -0.39 is 0 Å². The minimum absolute atomic E-state index is 0.619. The Balaban J connectivity index is 1.14. The number of aromatic nitrogens is 4. The van der Waals surface area contributed by atoms with E-state index in [0.29, 0.717) is 5.95 Å². The van der Waals surface area contributed by atoms with Gasteiger partial charge in [-0.1, -0.05) is 133 Å². The molecule has 0 radical (unpaired) electrons. The van der Waals surface area contributed by atoms with Gasteiger partial charge in [0.05, 0.1) is 33.3 Å². The first-order valence-corrected chi connectivity index (χ1v) is 19.3. The summed E-state index contributed by atoms with van der Waals surface area (Å²) in [5.41, 5.74) is 9.98. The fourth-order valence-corrected chi connectivity index (χ4v) is 9.39. The topological polar surface area (TPSA) is 48.8 Å². The Hall–Kier alpha value is -7.76. The number of furan rings is 1. The van der Waals surface area contributed by atoms with E-state index >= 15 is 0 Å². The summed E-state index contributed by atoms with van der Waals surface area (Å²) in [5, 5.41) is 12.8. The van der Waals surface area contributed by atoms with Crippen LogP contribution >= 0.6 is 0 Å². The normalized spacial score (nSPS) is 12.2. The number of hydrogen-bond acceptors (Lipinski definition) is 3. The van der Waals surface area contributed by atoms with Crippen molar-refractivity contribution >= 4 is 98.0 Å². The molecule has 9 aromatic carbocycles. The summed E-state index contributed by atoms with van der Waals surface area (Å²) < 4.78 is 11.1. The van der Waals surface area contributed by atoms with Gasteiger partial charge in [-0.2, -0.15) is 0 Å². The molecule has 0 bridgehead atoms.